The van der Waals surface area contributed by atoms with E-state index in [9.17, 15) is 4.79 Å². The molecule has 0 spiro atoms. The molecule has 0 fully saturated rings. The number of aromatic nitrogens is 4. The molecule has 114 valence electrons. The third-order valence-corrected chi connectivity index (χ3v) is 3.76. The maximum Gasteiger partial charge on any atom is 0.220 e. The molecule has 2 heterocycles. The molecule has 6 heteroatoms. The van der Waals surface area contributed by atoms with Gasteiger partial charge in [0.2, 0.25) is 5.91 Å². The summed E-state index contributed by atoms with van der Waals surface area (Å²) in [5.41, 5.74) is 4.46. The second-order valence-electron chi connectivity index (χ2n) is 5.40. The summed E-state index contributed by atoms with van der Waals surface area (Å²) in [5.74, 6) is 0.0848. The number of hydrogen-bond acceptors (Lipinski definition) is 3. The molecule has 0 aromatic carbocycles. The highest BCUT2D eigenvalue weighted by Crippen LogP contribution is 2.13. The molecule has 0 unspecified atom stereocenters. The maximum absolute atomic E-state index is 11.9. The monoisotopic (exact) mass is 289 g/mol. The molecule has 0 atom stereocenters. The van der Waals surface area contributed by atoms with Gasteiger partial charge in [0.05, 0.1) is 11.9 Å². The second kappa shape index (κ2) is 6.56. The van der Waals surface area contributed by atoms with Gasteiger partial charge in [-0.1, -0.05) is 0 Å². The van der Waals surface area contributed by atoms with Crippen LogP contribution in [0.1, 0.15) is 28.9 Å². The number of nitrogens with zero attached hydrogens (tertiary/aromatic N) is 4. The van der Waals surface area contributed by atoms with Gasteiger partial charge in [-0.2, -0.15) is 10.2 Å². The molecule has 21 heavy (non-hydrogen) atoms. The average molecular weight is 289 g/mol. The molecule has 0 saturated heterocycles. The van der Waals surface area contributed by atoms with Crippen LogP contribution in [0.2, 0.25) is 0 Å². The van der Waals surface area contributed by atoms with Gasteiger partial charge in [0.1, 0.15) is 0 Å². The highest BCUT2D eigenvalue weighted by molar-refractivity contribution is 5.76. The minimum absolute atomic E-state index is 0.0848. The molecule has 0 aliphatic heterocycles. The summed E-state index contributed by atoms with van der Waals surface area (Å²) in [6, 6.07) is 0. The fourth-order valence-electron chi connectivity index (χ4n) is 2.45. The number of aryl methyl sites for hydroxylation is 3. The normalized spacial score (nSPS) is 10.9. The molecule has 0 radical (unpaired) electrons. The molecular weight excluding hydrogens is 266 g/mol. The minimum atomic E-state index is 0.0848. The molecule has 0 aliphatic carbocycles. The van der Waals surface area contributed by atoms with E-state index in [1.54, 1.807) is 4.68 Å². The second-order valence-corrected chi connectivity index (χ2v) is 5.40. The van der Waals surface area contributed by atoms with Crippen molar-refractivity contribution in [1.29, 1.82) is 0 Å². The van der Waals surface area contributed by atoms with Gasteiger partial charge in [-0.3, -0.25) is 14.2 Å². The number of amides is 1. The van der Waals surface area contributed by atoms with Crippen LogP contribution in [0.4, 0.5) is 0 Å². The molecule has 0 bridgehead atoms. The molecule has 1 N–H and O–H groups in total. The van der Waals surface area contributed by atoms with E-state index in [2.05, 4.69) is 15.5 Å². The summed E-state index contributed by atoms with van der Waals surface area (Å²) < 4.78 is 3.64. The van der Waals surface area contributed by atoms with Crippen molar-refractivity contribution in [1.82, 2.24) is 24.9 Å². The average Bonchev–Trinajstić information content (AvgIpc) is 2.93. The van der Waals surface area contributed by atoms with Crippen molar-refractivity contribution in [3.8, 4) is 0 Å². The van der Waals surface area contributed by atoms with Gasteiger partial charge in [0, 0.05) is 39.0 Å². The molecule has 0 aliphatic rings. The van der Waals surface area contributed by atoms with Crippen molar-refractivity contribution in [3.05, 3.63) is 34.9 Å². The van der Waals surface area contributed by atoms with E-state index in [1.807, 2.05) is 45.0 Å². The van der Waals surface area contributed by atoms with E-state index in [0.717, 1.165) is 29.8 Å². The third kappa shape index (κ3) is 3.93. The molecular formula is C15H23N5O. The van der Waals surface area contributed by atoms with E-state index >= 15 is 0 Å². The Morgan fingerprint density at radius 2 is 2.05 bits per heavy atom. The van der Waals surface area contributed by atoms with E-state index in [4.69, 9.17) is 0 Å². The zero-order chi connectivity index (χ0) is 15.4. The van der Waals surface area contributed by atoms with Crippen LogP contribution in [-0.2, 0) is 31.7 Å². The summed E-state index contributed by atoms with van der Waals surface area (Å²) in [7, 11) is 3.82. The van der Waals surface area contributed by atoms with Gasteiger partial charge in [0.25, 0.3) is 0 Å². The summed E-state index contributed by atoms with van der Waals surface area (Å²) in [5, 5.41) is 11.4. The van der Waals surface area contributed by atoms with Gasteiger partial charge in [-0.25, -0.2) is 0 Å². The number of hydrogen-bond donors (Lipinski definition) is 1. The minimum Gasteiger partial charge on any atom is -0.356 e. The Hall–Kier alpha value is -2.11. The van der Waals surface area contributed by atoms with E-state index in [0.29, 0.717) is 13.0 Å². The summed E-state index contributed by atoms with van der Waals surface area (Å²) in [6.07, 6.45) is 5.85. The SMILES string of the molecule is Cc1nn(C)c(C)c1CCC(=O)NCCc1cnn(C)c1. The molecule has 2 aromatic heterocycles. The van der Waals surface area contributed by atoms with Crippen LogP contribution in [0, 0.1) is 13.8 Å². The summed E-state index contributed by atoms with van der Waals surface area (Å²) in [6.45, 7) is 4.67. The fraction of sp³-hybridized carbons (Fsp3) is 0.533. The van der Waals surface area contributed by atoms with Gasteiger partial charge in [-0.15, -0.1) is 0 Å². The van der Waals surface area contributed by atoms with Crippen LogP contribution in [0.3, 0.4) is 0 Å². The first-order valence-corrected chi connectivity index (χ1v) is 7.20. The van der Waals surface area contributed by atoms with E-state index in [1.165, 1.54) is 5.56 Å². The van der Waals surface area contributed by atoms with Crippen LogP contribution in [0.15, 0.2) is 12.4 Å². The fourth-order valence-corrected chi connectivity index (χ4v) is 2.45. The van der Waals surface area contributed by atoms with Crippen LogP contribution in [0.5, 0.6) is 0 Å². The standard InChI is InChI=1S/C15H23N5O/c1-11-14(12(2)20(4)18-11)5-6-15(21)16-8-7-13-9-17-19(3)10-13/h9-10H,5-8H2,1-4H3,(H,16,21). The van der Waals surface area contributed by atoms with E-state index < -0.39 is 0 Å². The smallest absolute Gasteiger partial charge is 0.220 e. The van der Waals surface area contributed by atoms with Gasteiger partial charge < -0.3 is 5.32 Å². The van der Waals surface area contributed by atoms with Crippen LogP contribution >= 0.6 is 0 Å². The Bertz CT molecular complexity index is 626. The highest BCUT2D eigenvalue weighted by Gasteiger charge is 2.11. The predicted molar refractivity (Wildman–Crippen MR) is 80.9 cm³/mol. The van der Waals surface area contributed by atoms with Crippen LogP contribution in [-0.4, -0.2) is 32.0 Å². The predicted octanol–water partition coefficient (Wildman–Crippen LogP) is 1.06. The number of rotatable bonds is 6. The zero-order valence-corrected chi connectivity index (χ0v) is 13.2. The quantitative estimate of drug-likeness (QED) is 0.865. The maximum atomic E-state index is 11.9. The Labute approximate surface area is 125 Å². The molecule has 1 amide bonds. The lowest BCUT2D eigenvalue weighted by molar-refractivity contribution is -0.121. The Morgan fingerprint density at radius 1 is 1.29 bits per heavy atom. The molecule has 2 rings (SSSR count). The lowest BCUT2D eigenvalue weighted by Gasteiger charge is -2.05. The van der Waals surface area contributed by atoms with Gasteiger partial charge in [0.15, 0.2) is 0 Å². The summed E-state index contributed by atoms with van der Waals surface area (Å²) in [4.78, 5) is 11.9. The lowest BCUT2D eigenvalue weighted by atomic mass is 10.1. The first-order valence-electron chi connectivity index (χ1n) is 7.20. The van der Waals surface area contributed by atoms with Gasteiger partial charge in [-0.05, 0) is 37.8 Å². The largest absolute Gasteiger partial charge is 0.356 e. The van der Waals surface area contributed by atoms with Crippen molar-refractivity contribution < 1.29 is 4.79 Å². The van der Waals surface area contributed by atoms with Gasteiger partial charge >= 0.3 is 0 Å². The molecule has 6 nitrogen and oxygen atoms in total. The number of carbonyl (C=O) groups is 1. The van der Waals surface area contributed by atoms with Crippen molar-refractivity contribution in [2.75, 3.05) is 6.54 Å². The first-order chi connectivity index (χ1) is 9.97. The van der Waals surface area contributed by atoms with E-state index in [-0.39, 0.29) is 5.91 Å². The Kier molecular flexibility index (Phi) is 4.77. The lowest BCUT2D eigenvalue weighted by Crippen LogP contribution is -2.25. The number of carbonyl (C=O) groups excluding carboxylic acids is 1. The molecule has 2 aromatic rings. The zero-order valence-electron chi connectivity index (χ0n) is 13.2. The topological polar surface area (TPSA) is 64.7 Å². The van der Waals surface area contributed by atoms with Crippen molar-refractivity contribution >= 4 is 5.91 Å². The van der Waals surface area contributed by atoms with Crippen LogP contribution < -0.4 is 5.32 Å². The Morgan fingerprint density at radius 3 is 2.62 bits per heavy atom. The van der Waals surface area contributed by atoms with Crippen molar-refractivity contribution in [2.45, 2.75) is 33.1 Å². The highest BCUT2D eigenvalue weighted by atomic mass is 16.1. The van der Waals surface area contributed by atoms with Crippen LogP contribution in [0.25, 0.3) is 0 Å². The van der Waals surface area contributed by atoms with Crippen molar-refractivity contribution in [3.63, 3.8) is 0 Å². The Balaban J connectivity index is 1.75. The number of nitrogens with one attached hydrogen (secondary N) is 1. The first kappa shape index (κ1) is 15.3. The third-order valence-electron chi connectivity index (χ3n) is 3.76. The summed E-state index contributed by atoms with van der Waals surface area (Å²) >= 11 is 0. The molecule has 0 saturated carbocycles. The van der Waals surface area contributed by atoms with Crippen molar-refractivity contribution in [2.24, 2.45) is 14.1 Å².